The van der Waals surface area contributed by atoms with Crippen LogP contribution >= 0.6 is 0 Å². The molecule has 6 nitrogen and oxygen atoms in total. The van der Waals surface area contributed by atoms with Gasteiger partial charge in [0.15, 0.2) is 11.6 Å². The zero-order valence-electron chi connectivity index (χ0n) is 19.5. The number of hydrogen-bond acceptors (Lipinski definition) is 4. The summed E-state index contributed by atoms with van der Waals surface area (Å²) in [6.45, 7) is 6.92. The van der Waals surface area contributed by atoms with Crippen molar-refractivity contribution in [2.24, 2.45) is 5.92 Å². The molecular weight excluding hydrogens is 419 g/mol. The van der Waals surface area contributed by atoms with Gasteiger partial charge in [0.2, 0.25) is 5.91 Å². The van der Waals surface area contributed by atoms with Crippen LogP contribution in [0.2, 0.25) is 0 Å². The zero-order valence-corrected chi connectivity index (χ0v) is 19.5. The van der Waals surface area contributed by atoms with E-state index in [4.69, 9.17) is 9.84 Å². The molecule has 174 valence electrons. The van der Waals surface area contributed by atoms with Gasteiger partial charge in [0, 0.05) is 43.9 Å². The molecule has 1 aromatic heterocycles. The highest BCUT2D eigenvalue weighted by molar-refractivity contribution is 5.72. The normalized spacial score (nSPS) is 16.5. The molecule has 0 spiro atoms. The molecule has 1 aliphatic rings. The van der Waals surface area contributed by atoms with E-state index in [1.54, 1.807) is 13.0 Å². The van der Waals surface area contributed by atoms with Gasteiger partial charge in [-0.3, -0.25) is 9.69 Å². The third-order valence-electron chi connectivity index (χ3n) is 6.21. The fraction of sp³-hybridized carbons (Fsp3) is 0.385. The van der Waals surface area contributed by atoms with Gasteiger partial charge in [0.1, 0.15) is 0 Å². The maximum absolute atomic E-state index is 14.5. The van der Waals surface area contributed by atoms with Crippen molar-refractivity contribution in [2.45, 2.75) is 33.2 Å². The van der Waals surface area contributed by atoms with E-state index in [9.17, 15) is 9.18 Å². The third-order valence-corrected chi connectivity index (χ3v) is 6.21. The molecule has 1 atom stereocenters. The molecule has 4 rings (SSSR count). The Kier molecular flexibility index (Phi) is 7.08. The quantitative estimate of drug-likeness (QED) is 0.582. The number of hydrogen-bond donors (Lipinski definition) is 1. The highest BCUT2D eigenvalue weighted by Crippen LogP contribution is 2.30. The topological polar surface area (TPSA) is 59.4 Å². The van der Waals surface area contributed by atoms with E-state index in [0.717, 1.165) is 54.0 Å². The maximum atomic E-state index is 14.5. The molecule has 1 amide bonds. The Labute approximate surface area is 194 Å². The van der Waals surface area contributed by atoms with E-state index in [2.05, 4.69) is 29.4 Å². The number of halogens is 1. The number of aryl methyl sites for hydroxylation is 1. The number of benzene rings is 2. The molecule has 1 fully saturated rings. The van der Waals surface area contributed by atoms with Crippen LogP contribution in [0.5, 0.6) is 5.75 Å². The average Bonchev–Trinajstić information content (AvgIpc) is 3.21. The van der Waals surface area contributed by atoms with Crippen molar-refractivity contribution in [3.05, 3.63) is 65.6 Å². The first kappa shape index (κ1) is 23.0. The van der Waals surface area contributed by atoms with Gasteiger partial charge in [-0.2, -0.15) is 5.10 Å². The number of amides is 1. The summed E-state index contributed by atoms with van der Waals surface area (Å²) in [4.78, 5) is 13.7. The predicted molar refractivity (Wildman–Crippen MR) is 127 cm³/mol. The van der Waals surface area contributed by atoms with Gasteiger partial charge in [0.05, 0.1) is 18.5 Å². The third kappa shape index (κ3) is 5.42. The molecule has 1 saturated heterocycles. The molecule has 1 N–H and O–H groups in total. The Morgan fingerprint density at radius 2 is 2.09 bits per heavy atom. The number of ether oxygens (including phenoxy) is 1. The van der Waals surface area contributed by atoms with Crippen molar-refractivity contribution >= 4 is 5.91 Å². The average molecular weight is 451 g/mol. The minimum atomic E-state index is -0.403. The number of aromatic nitrogens is 2. The van der Waals surface area contributed by atoms with Crippen LogP contribution in [0.1, 0.15) is 30.9 Å². The monoisotopic (exact) mass is 450 g/mol. The van der Waals surface area contributed by atoms with E-state index < -0.39 is 5.82 Å². The van der Waals surface area contributed by atoms with Gasteiger partial charge in [-0.05, 0) is 62.1 Å². The SMILES string of the molecule is COc1ccc(-c2nn(-c3ccccc3C)cc2CN2CCC[C@@H](CNC(C)=O)C2)cc1F. The van der Waals surface area contributed by atoms with Crippen LogP contribution in [-0.2, 0) is 11.3 Å². The second-order valence-corrected chi connectivity index (χ2v) is 8.76. The van der Waals surface area contributed by atoms with Crippen LogP contribution in [0.15, 0.2) is 48.7 Å². The summed E-state index contributed by atoms with van der Waals surface area (Å²) in [7, 11) is 1.46. The summed E-state index contributed by atoms with van der Waals surface area (Å²) in [6.07, 6.45) is 4.25. The van der Waals surface area contributed by atoms with Crippen LogP contribution < -0.4 is 10.1 Å². The van der Waals surface area contributed by atoms with Crippen LogP contribution in [0.3, 0.4) is 0 Å². The molecule has 2 heterocycles. The highest BCUT2D eigenvalue weighted by Gasteiger charge is 2.23. The summed E-state index contributed by atoms with van der Waals surface area (Å²) in [5.41, 5.74) is 4.66. The molecule has 0 unspecified atom stereocenters. The number of likely N-dealkylation sites (tertiary alicyclic amines) is 1. The zero-order chi connectivity index (χ0) is 23.4. The Hall–Kier alpha value is -3.19. The van der Waals surface area contributed by atoms with E-state index in [1.807, 2.05) is 28.9 Å². The molecule has 7 heteroatoms. The van der Waals surface area contributed by atoms with Crippen molar-refractivity contribution in [1.82, 2.24) is 20.0 Å². The molecule has 0 bridgehead atoms. The van der Waals surface area contributed by atoms with Crippen LogP contribution in [-0.4, -0.2) is 47.3 Å². The molecule has 2 aromatic carbocycles. The molecule has 0 radical (unpaired) electrons. The first-order valence-corrected chi connectivity index (χ1v) is 11.4. The van der Waals surface area contributed by atoms with Crippen molar-refractivity contribution in [3.63, 3.8) is 0 Å². The summed E-state index contributed by atoms with van der Waals surface area (Å²) in [5.74, 6) is 0.251. The molecule has 1 aliphatic heterocycles. The number of piperidine rings is 1. The Morgan fingerprint density at radius 1 is 1.27 bits per heavy atom. The number of nitrogens with one attached hydrogen (secondary N) is 1. The van der Waals surface area contributed by atoms with Crippen molar-refractivity contribution in [1.29, 1.82) is 0 Å². The number of carbonyl (C=O) groups is 1. The fourth-order valence-corrected chi connectivity index (χ4v) is 4.52. The van der Waals surface area contributed by atoms with Crippen LogP contribution in [0.25, 0.3) is 16.9 Å². The Balaban J connectivity index is 1.65. The number of nitrogens with zero attached hydrogens (tertiary/aromatic N) is 3. The minimum absolute atomic E-state index is 0.00968. The highest BCUT2D eigenvalue weighted by atomic mass is 19.1. The summed E-state index contributed by atoms with van der Waals surface area (Å²) < 4.78 is 21.5. The molecule has 0 aliphatic carbocycles. The van der Waals surface area contributed by atoms with E-state index in [0.29, 0.717) is 19.0 Å². The first-order valence-electron chi connectivity index (χ1n) is 11.4. The van der Waals surface area contributed by atoms with E-state index in [1.165, 1.54) is 13.2 Å². The number of carbonyl (C=O) groups excluding carboxylic acids is 1. The molecule has 0 saturated carbocycles. The minimum Gasteiger partial charge on any atom is -0.494 e. The van der Waals surface area contributed by atoms with Crippen LogP contribution in [0.4, 0.5) is 4.39 Å². The molecule has 33 heavy (non-hydrogen) atoms. The fourth-order valence-electron chi connectivity index (χ4n) is 4.52. The number of rotatable bonds is 7. The lowest BCUT2D eigenvalue weighted by Crippen LogP contribution is -2.40. The van der Waals surface area contributed by atoms with E-state index in [-0.39, 0.29) is 11.7 Å². The number of para-hydroxylation sites is 1. The van der Waals surface area contributed by atoms with E-state index >= 15 is 0 Å². The largest absolute Gasteiger partial charge is 0.494 e. The number of methoxy groups -OCH3 is 1. The lowest BCUT2D eigenvalue weighted by molar-refractivity contribution is -0.119. The molecular formula is C26H31FN4O2. The van der Waals surface area contributed by atoms with Crippen molar-refractivity contribution < 1.29 is 13.9 Å². The lowest BCUT2D eigenvalue weighted by Gasteiger charge is -2.32. The lowest BCUT2D eigenvalue weighted by atomic mass is 9.97. The van der Waals surface area contributed by atoms with Gasteiger partial charge < -0.3 is 10.1 Å². The Morgan fingerprint density at radius 3 is 2.82 bits per heavy atom. The van der Waals surface area contributed by atoms with Gasteiger partial charge in [-0.15, -0.1) is 0 Å². The smallest absolute Gasteiger partial charge is 0.216 e. The first-order chi connectivity index (χ1) is 15.9. The van der Waals surface area contributed by atoms with Gasteiger partial charge in [-0.1, -0.05) is 18.2 Å². The Bertz CT molecular complexity index is 1130. The van der Waals surface area contributed by atoms with Crippen molar-refractivity contribution in [3.8, 4) is 22.7 Å². The second kappa shape index (κ2) is 10.2. The maximum Gasteiger partial charge on any atom is 0.216 e. The predicted octanol–water partition coefficient (Wildman–Crippen LogP) is 4.34. The van der Waals surface area contributed by atoms with Gasteiger partial charge >= 0.3 is 0 Å². The van der Waals surface area contributed by atoms with Crippen molar-refractivity contribution in [2.75, 3.05) is 26.7 Å². The van der Waals surface area contributed by atoms with Crippen LogP contribution in [0, 0.1) is 18.7 Å². The summed E-state index contributed by atoms with van der Waals surface area (Å²) in [5, 5.41) is 7.83. The molecule has 3 aromatic rings. The second-order valence-electron chi connectivity index (χ2n) is 8.76. The van der Waals surface area contributed by atoms with Gasteiger partial charge in [-0.25, -0.2) is 9.07 Å². The summed E-state index contributed by atoms with van der Waals surface area (Å²) in [6, 6.07) is 13.1. The standard InChI is InChI=1S/C26H31FN4O2/c1-18-7-4-5-9-24(18)31-17-22(16-30-12-6-8-20(15-30)14-28-19(2)32)26(29-31)21-10-11-25(33-3)23(27)13-21/h4-5,7,9-11,13,17,20H,6,8,12,14-16H2,1-3H3,(H,28,32)/t20-/m0/s1. The van der Waals surface area contributed by atoms with Gasteiger partial charge in [0.25, 0.3) is 0 Å². The summed E-state index contributed by atoms with van der Waals surface area (Å²) >= 11 is 0.